The van der Waals surface area contributed by atoms with E-state index in [4.69, 9.17) is 0 Å². The van der Waals surface area contributed by atoms with Gasteiger partial charge in [0.1, 0.15) is 11.8 Å². The molecule has 4 N–H and O–H groups in total. The van der Waals surface area contributed by atoms with Gasteiger partial charge in [0, 0.05) is 24.2 Å². The molecule has 2 aliphatic heterocycles. The summed E-state index contributed by atoms with van der Waals surface area (Å²) in [6, 6.07) is 10.5. The van der Waals surface area contributed by atoms with Gasteiger partial charge in [-0.05, 0) is 57.0 Å². The van der Waals surface area contributed by atoms with Gasteiger partial charge in [-0.1, -0.05) is 56.7 Å². The number of phenols is 1. The second-order valence-corrected chi connectivity index (χ2v) is 12.2. The third-order valence-corrected chi connectivity index (χ3v) is 8.81. The Morgan fingerprint density at radius 3 is 2.37 bits per heavy atom. The lowest BCUT2D eigenvalue weighted by atomic mass is 9.81. The normalized spacial score (nSPS) is 21.2. The van der Waals surface area contributed by atoms with Crippen molar-refractivity contribution in [1.29, 1.82) is 0 Å². The van der Waals surface area contributed by atoms with E-state index in [1.165, 1.54) is 32.0 Å². The first-order chi connectivity index (χ1) is 20.3. The zero-order valence-electron chi connectivity index (χ0n) is 25.0. The molecular weight excluding hydrogens is 558 g/mol. The summed E-state index contributed by atoms with van der Waals surface area (Å²) in [5.41, 5.74) is -0.778. The highest BCUT2D eigenvalue weighted by Gasteiger charge is 2.64. The number of rotatable bonds is 10. The zero-order chi connectivity index (χ0) is 31.4. The van der Waals surface area contributed by atoms with Crippen molar-refractivity contribution < 1.29 is 33.4 Å². The number of nitrogens with one attached hydrogen (secondary N) is 2. The molecule has 0 spiro atoms. The fourth-order valence-electron chi connectivity index (χ4n) is 5.96. The van der Waals surface area contributed by atoms with Crippen LogP contribution in [0.3, 0.4) is 0 Å². The SMILES string of the molecule is Cc1c(O)cccc1C(=O)N[C@@H](Cc1ccccc1)[C@H](O)C(=O)N1CC(F)(F)C(C)(C)[C@H]1C(=O)NCCN1CCCCC1. The fourth-order valence-corrected chi connectivity index (χ4v) is 5.96. The van der Waals surface area contributed by atoms with Crippen LogP contribution in [-0.4, -0.2) is 94.6 Å². The predicted molar refractivity (Wildman–Crippen MR) is 158 cm³/mol. The third kappa shape index (κ3) is 7.15. The molecule has 0 aromatic heterocycles. The smallest absolute Gasteiger partial charge is 0.272 e. The number of hydrogen-bond donors (Lipinski definition) is 4. The van der Waals surface area contributed by atoms with Crippen LogP contribution in [-0.2, 0) is 16.0 Å². The van der Waals surface area contributed by atoms with Crippen molar-refractivity contribution >= 4 is 17.7 Å². The molecule has 2 fully saturated rings. The van der Waals surface area contributed by atoms with Crippen molar-refractivity contribution in [3.63, 3.8) is 0 Å². The Hall–Kier alpha value is -3.57. The van der Waals surface area contributed by atoms with Crippen LogP contribution in [0.15, 0.2) is 48.5 Å². The number of likely N-dealkylation sites (tertiary alicyclic amines) is 2. The van der Waals surface area contributed by atoms with Gasteiger partial charge in [-0.2, -0.15) is 0 Å². The third-order valence-electron chi connectivity index (χ3n) is 8.81. The average molecular weight is 601 g/mol. The van der Waals surface area contributed by atoms with Crippen molar-refractivity contribution in [3.8, 4) is 5.75 Å². The summed E-state index contributed by atoms with van der Waals surface area (Å²) in [4.78, 5) is 43.4. The van der Waals surface area contributed by atoms with Gasteiger partial charge in [0.2, 0.25) is 5.91 Å². The molecule has 234 valence electrons. The number of aliphatic hydroxyl groups is 1. The largest absolute Gasteiger partial charge is 0.508 e. The van der Waals surface area contributed by atoms with E-state index in [9.17, 15) is 24.6 Å². The molecule has 2 aromatic carbocycles. The molecule has 3 amide bonds. The van der Waals surface area contributed by atoms with E-state index < -0.39 is 53.8 Å². The van der Waals surface area contributed by atoms with Gasteiger partial charge < -0.3 is 30.6 Å². The Kier molecular flexibility index (Phi) is 10.1. The molecule has 43 heavy (non-hydrogen) atoms. The average Bonchev–Trinajstić information content (AvgIpc) is 3.17. The molecule has 2 aliphatic rings. The van der Waals surface area contributed by atoms with Gasteiger partial charge in [0.05, 0.1) is 18.0 Å². The number of benzene rings is 2. The lowest BCUT2D eigenvalue weighted by molar-refractivity contribution is -0.148. The monoisotopic (exact) mass is 600 g/mol. The number of aromatic hydroxyl groups is 1. The molecule has 0 saturated carbocycles. The lowest BCUT2D eigenvalue weighted by Crippen LogP contribution is -2.58. The van der Waals surface area contributed by atoms with Gasteiger partial charge in [0.25, 0.3) is 17.7 Å². The number of nitrogens with zero attached hydrogens (tertiary/aromatic N) is 2. The van der Waals surface area contributed by atoms with Gasteiger partial charge in [-0.25, -0.2) is 8.78 Å². The van der Waals surface area contributed by atoms with E-state index >= 15 is 8.78 Å². The maximum atomic E-state index is 15.3. The Balaban J connectivity index is 1.56. The Morgan fingerprint density at radius 1 is 1.02 bits per heavy atom. The molecule has 2 heterocycles. The summed E-state index contributed by atoms with van der Waals surface area (Å²) in [5, 5.41) is 26.8. The quantitative estimate of drug-likeness (QED) is 0.333. The first-order valence-corrected chi connectivity index (χ1v) is 14.8. The number of carbonyl (C=O) groups excluding carboxylic acids is 3. The molecule has 3 atom stereocenters. The standard InChI is InChI=1S/C32H42F2N4O5/c1-21-23(13-10-14-25(21)39)28(41)36-24(19-22-11-6-4-7-12-22)26(40)30(43)38-20-32(33,34)31(2,3)27(38)29(42)35-15-18-37-16-8-5-9-17-37/h4,6-7,10-14,24,26-27,39-40H,5,8-9,15-20H2,1-3H3,(H,35,42)(H,36,41)/t24-,26-,27+/m0/s1. The molecule has 9 nitrogen and oxygen atoms in total. The molecule has 0 bridgehead atoms. The minimum absolute atomic E-state index is 0.0116. The summed E-state index contributed by atoms with van der Waals surface area (Å²) in [7, 11) is 0. The minimum atomic E-state index is -3.41. The van der Waals surface area contributed by atoms with E-state index in [-0.39, 0.29) is 24.3 Å². The number of carbonyl (C=O) groups is 3. The molecule has 0 radical (unpaired) electrons. The first kappa shape index (κ1) is 32.3. The molecule has 0 aliphatic carbocycles. The Labute approximate surface area is 251 Å². The molecule has 11 heteroatoms. The van der Waals surface area contributed by atoms with E-state index in [2.05, 4.69) is 15.5 Å². The van der Waals surface area contributed by atoms with Gasteiger partial charge in [-0.15, -0.1) is 0 Å². The van der Waals surface area contributed by atoms with Crippen LogP contribution < -0.4 is 10.6 Å². The fraction of sp³-hybridized carbons (Fsp3) is 0.531. The first-order valence-electron chi connectivity index (χ1n) is 14.8. The van der Waals surface area contributed by atoms with Crippen LogP contribution in [0, 0.1) is 12.3 Å². The van der Waals surface area contributed by atoms with Crippen molar-refractivity contribution in [1.82, 2.24) is 20.4 Å². The highest BCUT2D eigenvalue weighted by molar-refractivity contribution is 5.97. The highest BCUT2D eigenvalue weighted by atomic mass is 19.3. The molecule has 2 aromatic rings. The second kappa shape index (κ2) is 13.4. The highest BCUT2D eigenvalue weighted by Crippen LogP contribution is 2.48. The molecule has 2 saturated heterocycles. The van der Waals surface area contributed by atoms with E-state index in [1.54, 1.807) is 37.3 Å². The van der Waals surface area contributed by atoms with E-state index in [0.29, 0.717) is 17.7 Å². The summed E-state index contributed by atoms with van der Waals surface area (Å²) < 4.78 is 30.6. The van der Waals surface area contributed by atoms with Gasteiger partial charge in [0.15, 0.2) is 6.10 Å². The van der Waals surface area contributed by atoms with E-state index in [0.717, 1.165) is 37.3 Å². The number of halogens is 2. The molecular formula is C32H42F2N4O5. The van der Waals surface area contributed by atoms with Crippen LogP contribution in [0.25, 0.3) is 0 Å². The van der Waals surface area contributed by atoms with Crippen molar-refractivity contribution in [2.24, 2.45) is 5.41 Å². The minimum Gasteiger partial charge on any atom is -0.508 e. The summed E-state index contributed by atoms with van der Waals surface area (Å²) >= 11 is 0. The number of phenolic OH excluding ortho intramolecular Hbond substituents is 1. The summed E-state index contributed by atoms with van der Waals surface area (Å²) in [6.45, 7) is 5.65. The lowest BCUT2D eigenvalue weighted by Gasteiger charge is -2.34. The summed E-state index contributed by atoms with van der Waals surface area (Å²) in [6.07, 6.45) is 1.38. The van der Waals surface area contributed by atoms with Crippen molar-refractivity contribution in [2.75, 3.05) is 32.7 Å². The maximum Gasteiger partial charge on any atom is 0.272 e. The summed E-state index contributed by atoms with van der Waals surface area (Å²) in [5.74, 6) is -5.94. The number of alkyl halides is 2. The number of hydrogen-bond acceptors (Lipinski definition) is 6. The van der Waals surface area contributed by atoms with Gasteiger partial charge >= 0.3 is 0 Å². The number of amides is 3. The van der Waals surface area contributed by atoms with Crippen LogP contribution in [0.5, 0.6) is 5.75 Å². The number of piperidine rings is 1. The Morgan fingerprint density at radius 2 is 1.70 bits per heavy atom. The second-order valence-electron chi connectivity index (χ2n) is 12.2. The van der Waals surface area contributed by atoms with Crippen LogP contribution in [0.1, 0.15) is 54.6 Å². The zero-order valence-corrected chi connectivity index (χ0v) is 25.0. The Bertz CT molecular complexity index is 1300. The van der Waals surface area contributed by atoms with Crippen LogP contribution in [0.2, 0.25) is 0 Å². The van der Waals surface area contributed by atoms with Crippen molar-refractivity contribution in [2.45, 2.75) is 70.6 Å². The van der Waals surface area contributed by atoms with E-state index in [1.807, 2.05) is 0 Å². The molecule has 4 rings (SSSR count). The van der Waals surface area contributed by atoms with Crippen LogP contribution in [0.4, 0.5) is 8.78 Å². The van der Waals surface area contributed by atoms with Crippen molar-refractivity contribution in [3.05, 3.63) is 65.2 Å². The maximum absolute atomic E-state index is 15.3. The van der Waals surface area contributed by atoms with Gasteiger partial charge in [-0.3, -0.25) is 14.4 Å². The number of aliphatic hydroxyl groups excluding tert-OH is 1. The van der Waals surface area contributed by atoms with Crippen LogP contribution >= 0.6 is 0 Å². The predicted octanol–water partition coefficient (Wildman–Crippen LogP) is 2.88. The molecule has 0 unspecified atom stereocenters. The topological polar surface area (TPSA) is 122 Å².